The van der Waals surface area contributed by atoms with Crippen LogP contribution in [0.4, 0.5) is 0 Å². The Kier molecular flexibility index (Phi) is 7.44. The molecular weight excluding hydrogens is 580 g/mol. The molecule has 2 aromatic heterocycles. The summed E-state index contributed by atoms with van der Waals surface area (Å²) in [6.45, 7) is 0. The summed E-state index contributed by atoms with van der Waals surface area (Å²) in [4.78, 5) is 0. The van der Waals surface area contributed by atoms with E-state index in [-0.39, 0.29) is 0 Å². The highest BCUT2D eigenvalue weighted by Gasteiger charge is 2.30. The van der Waals surface area contributed by atoms with Crippen molar-refractivity contribution < 1.29 is 37.7 Å². The fourth-order valence-corrected chi connectivity index (χ4v) is 5.52. The molecule has 0 radical (unpaired) electrons. The predicted octanol–water partition coefficient (Wildman–Crippen LogP) is 6.26. The van der Waals surface area contributed by atoms with Gasteiger partial charge in [-0.2, -0.15) is 0 Å². The van der Waals surface area contributed by atoms with E-state index in [1.165, 1.54) is 0 Å². The number of ether oxygens (including phenoxy) is 2. The van der Waals surface area contributed by atoms with E-state index in [1.807, 2.05) is 143 Å². The Labute approximate surface area is 265 Å². The summed E-state index contributed by atoms with van der Waals surface area (Å²) >= 11 is 0. The van der Waals surface area contributed by atoms with E-state index in [9.17, 15) is 10.2 Å². The zero-order valence-corrected chi connectivity index (χ0v) is 25.0. The first-order valence-electron chi connectivity index (χ1n) is 14.6. The van der Waals surface area contributed by atoms with Crippen LogP contribution in [-0.4, -0.2) is 14.2 Å². The maximum Gasteiger partial charge on any atom is 0.275 e. The molecule has 0 unspecified atom stereocenters. The molecule has 0 aliphatic heterocycles. The summed E-state index contributed by atoms with van der Waals surface area (Å²) < 4.78 is 26.1. The minimum Gasteiger partial charge on any atom is -0.540 e. The Balaban J connectivity index is 1.40. The first kappa shape index (κ1) is 28.5. The number of methoxy groups -OCH3 is 2. The average molecular weight is 609 g/mol. The molecule has 0 aliphatic rings. The molecule has 0 atom stereocenters. The fraction of sp³-hybridized carbons (Fsp3) is 0.0526. The van der Waals surface area contributed by atoms with E-state index >= 15 is 0 Å². The van der Waals surface area contributed by atoms with Crippen molar-refractivity contribution in [1.29, 1.82) is 0 Å². The van der Waals surface area contributed by atoms with Crippen molar-refractivity contribution >= 4 is 0 Å². The van der Waals surface area contributed by atoms with Crippen LogP contribution in [0.3, 0.4) is 0 Å². The van der Waals surface area contributed by atoms with Gasteiger partial charge in [-0.1, -0.05) is 36.4 Å². The van der Waals surface area contributed by atoms with Gasteiger partial charge < -0.3 is 28.5 Å². The molecule has 0 N–H and O–H groups in total. The Morgan fingerprint density at radius 1 is 0.435 bits per heavy atom. The second-order valence-electron chi connectivity index (χ2n) is 10.5. The van der Waals surface area contributed by atoms with Gasteiger partial charge in [0.25, 0.3) is 11.8 Å². The number of aromatic nitrogens is 2. The van der Waals surface area contributed by atoms with Crippen molar-refractivity contribution in [3.63, 3.8) is 0 Å². The van der Waals surface area contributed by atoms with Crippen molar-refractivity contribution in [2.45, 2.75) is 0 Å². The van der Waals surface area contributed by atoms with Gasteiger partial charge in [0.1, 0.15) is 23.4 Å². The van der Waals surface area contributed by atoms with Crippen molar-refractivity contribution in [3.8, 4) is 80.2 Å². The summed E-state index contributed by atoms with van der Waals surface area (Å²) in [7, 11) is 3.20. The lowest BCUT2D eigenvalue weighted by atomic mass is 10.1. The van der Waals surface area contributed by atoms with E-state index in [0.717, 1.165) is 0 Å². The standard InChI is InChI=1S/C38H28N2O6/c1-43-31-21-13-27(14-22-31)35-39(33(37(41)45-35)25-9-5-3-6-10-25)29-17-19-30(20-18-29)40-34(26-11-7-4-8-12-26)38(42)46-36(40)28-15-23-32(44-2)24-16-28/h3-24H,1-2H3. The number of benzene rings is 5. The van der Waals surface area contributed by atoms with Crippen LogP contribution in [0.5, 0.6) is 23.4 Å². The maximum absolute atomic E-state index is 13.4. The summed E-state index contributed by atoms with van der Waals surface area (Å²) in [5, 5.41) is 26.8. The molecule has 0 fully saturated rings. The van der Waals surface area contributed by atoms with Crippen LogP contribution >= 0.6 is 0 Å². The zero-order valence-electron chi connectivity index (χ0n) is 25.0. The van der Waals surface area contributed by atoms with Crippen LogP contribution in [0.25, 0.3) is 56.8 Å². The van der Waals surface area contributed by atoms with Crippen molar-refractivity contribution in [2.24, 2.45) is 0 Å². The van der Waals surface area contributed by atoms with E-state index in [1.54, 1.807) is 14.2 Å². The van der Waals surface area contributed by atoms with Gasteiger partial charge in [-0.15, -0.1) is 9.13 Å². The van der Waals surface area contributed by atoms with E-state index in [2.05, 4.69) is 0 Å². The van der Waals surface area contributed by atoms with Crippen LogP contribution in [0.15, 0.2) is 142 Å². The third kappa shape index (κ3) is 5.11. The van der Waals surface area contributed by atoms with Crippen molar-refractivity contribution in [2.75, 3.05) is 14.2 Å². The molecule has 8 nitrogen and oxygen atoms in total. The van der Waals surface area contributed by atoms with Crippen molar-refractivity contribution in [3.05, 3.63) is 133 Å². The molecule has 5 aromatic carbocycles. The quantitative estimate of drug-likeness (QED) is 0.189. The molecule has 7 aromatic rings. The van der Waals surface area contributed by atoms with Crippen molar-refractivity contribution in [1.82, 2.24) is 0 Å². The Bertz CT molecular complexity index is 1950. The molecule has 0 aliphatic carbocycles. The number of hydrogen-bond acceptors (Lipinski definition) is 6. The van der Waals surface area contributed by atoms with E-state index in [4.69, 9.17) is 18.3 Å². The normalized spacial score (nSPS) is 11.0. The molecule has 46 heavy (non-hydrogen) atoms. The first-order valence-corrected chi connectivity index (χ1v) is 14.6. The summed E-state index contributed by atoms with van der Waals surface area (Å²) in [6.07, 6.45) is 0. The minimum atomic E-state index is -0.463. The lowest BCUT2D eigenvalue weighted by Gasteiger charge is -2.07. The van der Waals surface area contributed by atoms with Gasteiger partial charge in [0, 0.05) is 35.4 Å². The second kappa shape index (κ2) is 12.0. The van der Waals surface area contributed by atoms with Gasteiger partial charge in [0.15, 0.2) is 0 Å². The number of oxazole rings is 2. The van der Waals surface area contributed by atoms with Crippen LogP contribution in [0.2, 0.25) is 0 Å². The smallest absolute Gasteiger partial charge is 0.275 e. The summed E-state index contributed by atoms with van der Waals surface area (Å²) in [5.74, 6) is 1.20. The average Bonchev–Trinajstić information content (AvgIpc) is 3.65. The SMILES string of the molecule is COc1ccc(-c2oc([O-])c(-c3ccccc3)[n+]2-c2ccc(-[n+]3c(-c4ccc(OC)cc4)oc([O-])c3-c3ccccc3)cc2)cc1. The molecule has 0 saturated heterocycles. The minimum absolute atomic E-state index is 0.376. The van der Waals surface area contributed by atoms with Gasteiger partial charge in [-0.25, -0.2) is 0 Å². The highest BCUT2D eigenvalue weighted by molar-refractivity contribution is 5.66. The predicted molar refractivity (Wildman–Crippen MR) is 168 cm³/mol. The first-order chi connectivity index (χ1) is 22.6. The molecule has 0 saturated carbocycles. The molecule has 8 heteroatoms. The van der Waals surface area contributed by atoms with Gasteiger partial charge in [0.05, 0.1) is 25.3 Å². The molecular formula is C38H28N2O6. The van der Waals surface area contributed by atoms with E-state index < -0.39 is 11.9 Å². The largest absolute Gasteiger partial charge is 0.540 e. The van der Waals surface area contributed by atoms with E-state index in [0.29, 0.717) is 68.3 Å². The molecule has 0 bridgehead atoms. The van der Waals surface area contributed by atoms with Gasteiger partial charge in [0.2, 0.25) is 22.8 Å². The Morgan fingerprint density at radius 3 is 1.11 bits per heavy atom. The Hall–Kier alpha value is -6.28. The number of rotatable bonds is 8. The number of nitrogens with zero attached hydrogens (tertiary/aromatic N) is 2. The number of hydrogen-bond donors (Lipinski definition) is 0. The zero-order chi connectivity index (χ0) is 31.6. The van der Waals surface area contributed by atoms with Crippen LogP contribution in [0, 0.1) is 0 Å². The third-order valence-electron chi connectivity index (χ3n) is 7.75. The van der Waals surface area contributed by atoms with Crippen LogP contribution in [0.1, 0.15) is 0 Å². The Morgan fingerprint density at radius 2 is 0.783 bits per heavy atom. The van der Waals surface area contributed by atoms with Gasteiger partial charge >= 0.3 is 0 Å². The van der Waals surface area contributed by atoms with Crippen LogP contribution in [-0.2, 0) is 0 Å². The molecule has 0 spiro atoms. The lowest BCUT2D eigenvalue weighted by molar-refractivity contribution is -0.580. The third-order valence-corrected chi connectivity index (χ3v) is 7.75. The highest BCUT2D eigenvalue weighted by Crippen LogP contribution is 2.35. The fourth-order valence-electron chi connectivity index (χ4n) is 5.52. The topological polar surface area (TPSA) is 98.6 Å². The second-order valence-corrected chi connectivity index (χ2v) is 10.5. The van der Waals surface area contributed by atoms with Crippen LogP contribution < -0.4 is 28.8 Å². The summed E-state index contributed by atoms with van der Waals surface area (Å²) in [6, 6.07) is 41.0. The monoisotopic (exact) mass is 608 g/mol. The summed E-state index contributed by atoms with van der Waals surface area (Å²) in [5.41, 5.74) is 5.01. The molecule has 2 heterocycles. The highest BCUT2D eigenvalue weighted by atomic mass is 16.5. The molecule has 7 rings (SSSR count). The maximum atomic E-state index is 13.4. The lowest BCUT2D eigenvalue weighted by Crippen LogP contribution is -2.36. The molecule has 0 amide bonds. The van der Waals surface area contributed by atoms with Gasteiger partial charge in [-0.05, 0) is 72.8 Å². The molecule has 226 valence electrons. The van der Waals surface area contributed by atoms with Gasteiger partial charge in [-0.3, -0.25) is 0 Å².